The Balaban J connectivity index is 1.52. The summed E-state index contributed by atoms with van der Waals surface area (Å²) >= 11 is 1.45. The average Bonchev–Trinajstić information content (AvgIpc) is 3.10. The fourth-order valence-corrected chi connectivity index (χ4v) is 3.87. The molecule has 2 heterocycles. The van der Waals surface area contributed by atoms with Crippen LogP contribution in [0.1, 0.15) is 18.9 Å². The molecule has 4 rings (SSSR count). The van der Waals surface area contributed by atoms with E-state index in [2.05, 4.69) is 25.9 Å². The van der Waals surface area contributed by atoms with Crippen LogP contribution < -0.4 is 16.0 Å². The summed E-state index contributed by atoms with van der Waals surface area (Å²) in [6.07, 6.45) is 0.806. The zero-order valence-electron chi connectivity index (χ0n) is 15.2. The first-order valence-electron chi connectivity index (χ1n) is 9.01. The van der Waals surface area contributed by atoms with E-state index >= 15 is 0 Å². The fraction of sp³-hybridized carbons (Fsp3) is 0.200. The van der Waals surface area contributed by atoms with E-state index < -0.39 is 6.04 Å². The van der Waals surface area contributed by atoms with Gasteiger partial charge in [-0.2, -0.15) is 0 Å². The molecule has 3 N–H and O–H groups in total. The minimum Gasteiger partial charge on any atom is -0.324 e. The van der Waals surface area contributed by atoms with Gasteiger partial charge in [0.15, 0.2) is 5.13 Å². The van der Waals surface area contributed by atoms with Gasteiger partial charge in [-0.05, 0) is 30.2 Å². The second-order valence-electron chi connectivity index (χ2n) is 6.36. The van der Waals surface area contributed by atoms with Gasteiger partial charge in [-0.25, -0.2) is 9.98 Å². The monoisotopic (exact) mass is 393 g/mol. The standard InChI is InChI=1S/C20H19N5O2S/c1-2-12-7-3-4-8-13(12)21-18(27)15-11-17(26)24-19(22-15)25-20-23-14-9-5-6-10-16(14)28-20/h3-10,15H,2,11H2,1H3,(H,21,27)(H2,22,23,24,25,26)/t15-/m1/s1. The van der Waals surface area contributed by atoms with Gasteiger partial charge in [0, 0.05) is 5.69 Å². The lowest BCUT2D eigenvalue weighted by Gasteiger charge is -2.21. The van der Waals surface area contributed by atoms with Crippen molar-refractivity contribution in [3.8, 4) is 0 Å². The van der Waals surface area contributed by atoms with Crippen molar-refractivity contribution in [2.75, 3.05) is 10.6 Å². The molecule has 142 valence electrons. The van der Waals surface area contributed by atoms with Crippen LogP contribution in [0.15, 0.2) is 53.5 Å². The summed E-state index contributed by atoms with van der Waals surface area (Å²) in [5.74, 6) is -0.332. The molecule has 3 aromatic rings. The molecule has 2 aromatic carbocycles. The third-order valence-electron chi connectivity index (χ3n) is 4.40. The number of aliphatic imine (C=N–C) groups is 1. The molecule has 8 heteroatoms. The number of amides is 2. The first-order chi connectivity index (χ1) is 13.6. The Labute approximate surface area is 165 Å². The number of aromatic nitrogens is 1. The summed E-state index contributed by atoms with van der Waals surface area (Å²) in [7, 11) is 0. The fourth-order valence-electron chi connectivity index (χ4n) is 3.00. The Hall–Kier alpha value is -3.26. The zero-order valence-corrected chi connectivity index (χ0v) is 16.0. The van der Waals surface area contributed by atoms with Crippen LogP contribution in [0.2, 0.25) is 0 Å². The number of hydrogen-bond donors (Lipinski definition) is 3. The number of carbonyl (C=O) groups excluding carboxylic acids is 2. The van der Waals surface area contributed by atoms with Crippen LogP contribution in [-0.4, -0.2) is 28.8 Å². The van der Waals surface area contributed by atoms with Crippen molar-refractivity contribution < 1.29 is 9.59 Å². The second kappa shape index (κ2) is 7.77. The number of nitrogens with one attached hydrogen (secondary N) is 3. The van der Waals surface area contributed by atoms with Crippen LogP contribution in [0, 0.1) is 0 Å². The molecule has 2 amide bonds. The lowest BCUT2D eigenvalue weighted by molar-refractivity contribution is -0.124. The summed E-state index contributed by atoms with van der Waals surface area (Å²) in [6, 6.07) is 14.6. The SMILES string of the molecule is CCc1ccccc1NC(=O)[C@H]1CC(=O)NC(Nc2nc3ccccc3s2)=N1. The molecule has 1 aliphatic heterocycles. The highest BCUT2D eigenvalue weighted by Gasteiger charge is 2.27. The molecule has 0 radical (unpaired) electrons. The van der Waals surface area contributed by atoms with Crippen molar-refractivity contribution in [2.24, 2.45) is 4.99 Å². The van der Waals surface area contributed by atoms with Crippen molar-refractivity contribution in [3.05, 3.63) is 54.1 Å². The van der Waals surface area contributed by atoms with Crippen molar-refractivity contribution in [1.29, 1.82) is 0 Å². The lowest BCUT2D eigenvalue weighted by Crippen LogP contribution is -2.45. The molecule has 1 aliphatic rings. The van der Waals surface area contributed by atoms with Gasteiger partial charge in [-0.1, -0.05) is 48.6 Å². The smallest absolute Gasteiger partial charge is 0.249 e. The number of fused-ring (bicyclic) bond motifs is 1. The average molecular weight is 393 g/mol. The van der Waals surface area contributed by atoms with Crippen LogP contribution in [0.4, 0.5) is 10.8 Å². The van der Waals surface area contributed by atoms with Crippen molar-refractivity contribution in [3.63, 3.8) is 0 Å². The minimum absolute atomic E-state index is 0.00511. The van der Waals surface area contributed by atoms with E-state index in [4.69, 9.17) is 0 Å². The highest BCUT2D eigenvalue weighted by Crippen LogP contribution is 2.25. The maximum atomic E-state index is 12.7. The zero-order chi connectivity index (χ0) is 19.5. The van der Waals surface area contributed by atoms with Crippen molar-refractivity contribution in [2.45, 2.75) is 25.8 Å². The highest BCUT2D eigenvalue weighted by molar-refractivity contribution is 7.22. The number of rotatable bonds is 4. The third kappa shape index (κ3) is 3.86. The predicted octanol–water partition coefficient (Wildman–Crippen LogP) is 3.15. The van der Waals surface area contributed by atoms with E-state index in [1.807, 2.05) is 55.5 Å². The van der Waals surface area contributed by atoms with Gasteiger partial charge < -0.3 is 10.6 Å². The molecule has 0 bridgehead atoms. The Morgan fingerprint density at radius 3 is 2.82 bits per heavy atom. The summed E-state index contributed by atoms with van der Waals surface area (Å²) < 4.78 is 1.03. The number of guanidine groups is 1. The predicted molar refractivity (Wildman–Crippen MR) is 112 cm³/mol. The topological polar surface area (TPSA) is 95.5 Å². The summed E-state index contributed by atoms with van der Waals surface area (Å²) in [4.78, 5) is 33.6. The summed E-state index contributed by atoms with van der Waals surface area (Å²) in [6.45, 7) is 2.03. The maximum Gasteiger partial charge on any atom is 0.249 e. The Bertz CT molecular complexity index is 1040. The van der Waals surface area contributed by atoms with Crippen molar-refractivity contribution in [1.82, 2.24) is 10.3 Å². The van der Waals surface area contributed by atoms with Crippen LogP contribution in [0.25, 0.3) is 10.2 Å². The molecular weight excluding hydrogens is 374 g/mol. The van der Waals surface area contributed by atoms with E-state index in [0.29, 0.717) is 5.13 Å². The molecule has 0 saturated heterocycles. The molecular formula is C20H19N5O2S. The van der Waals surface area contributed by atoms with E-state index in [9.17, 15) is 9.59 Å². The summed E-state index contributed by atoms with van der Waals surface area (Å²) in [5.41, 5.74) is 2.65. The lowest BCUT2D eigenvalue weighted by atomic mass is 10.1. The molecule has 0 saturated carbocycles. The van der Waals surface area contributed by atoms with E-state index in [1.165, 1.54) is 11.3 Å². The van der Waals surface area contributed by atoms with E-state index in [0.717, 1.165) is 27.9 Å². The number of benzene rings is 2. The number of hydrogen-bond acceptors (Lipinski definition) is 6. The molecule has 28 heavy (non-hydrogen) atoms. The minimum atomic E-state index is -0.796. The number of anilines is 2. The van der Waals surface area contributed by atoms with Gasteiger partial charge in [0.1, 0.15) is 6.04 Å². The van der Waals surface area contributed by atoms with E-state index in [-0.39, 0.29) is 24.2 Å². The van der Waals surface area contributed by atoms with Gasteiger partial charge in [0.05, 0.1) is 16.6 Å². The molecule has 0 unspecified atom stereocenters. The van der Waals surface area contributed by atoms with Crippen LogP contribution in [0.3, 0.4) is 0 Å². The normalized spacial score (nSPS) is 16.4. The van der Waals surface area contributed by atoms with Gasteiger partial charge in [0.2, 0.25) is 17.8 Å². The highest BCUT2D eigenvalue weighted by atomic mass is 32.1. The molecule has 0 fully saturated rings. The summed E-state index contributed by atoms with van der Waals surface area (Å²) in [5, 5.41) is 9.18. The number of aryl methyl sites for hydroxylation is 1. The van der Waals surface area contributed by atoms with Crippen LogP contribution in [-0.2, 0) is 16.0 Å². The Morgan fingerprint density at radius 1 is 1.21 bits per heavy atom. The van der Waals surface area contributed by atoms with Crippen LogP contribution in [0.5, 0.6) is 0 Å². The second-order valence-corrected chi connectivity index (χ2v) is 7.39. The third-order valence-corrected chi connectivity index (χ3v) is 5.35. The number of carbonyl (C=O) groups is 2. The number of thiazole rings is 1. The number of para-hydroxylation sites is 2. The van der Waals surface area contributed by atoms with Crippen molar-refractivity contribution >= 4 is 50.1 Å². The van der Waals surface area contributed by atoms with Gasteiger partial charge in [0.25, 0.3) is 0 Å². The maximum absolute atomic E-state index is 12.7. The Morgan fingerprint density at radius 2 is 2.00 bits per heavy atom. The molecule has 7 nitrogen and oxygen atoms in total. The molecule has 1 aromatic heterocycles. The molecule has 0 spiro atoms. The Kier molecular flexibility index (Phi) is 5.03. The van der Waals surface area contributed by atoms with Gasteiger partial charge in [-0.15, -0.1) is 0 Å². The van der Waals surface area contributed by atoms with Crippen LogP contribution >= 0.6 is 11.3 Å². The van der Waals surface area contributed by atoms with Gasteiger partial charge >= 0.3 is 0 Å². The molecule has 0 aliphatic carbocycles. The largest absolute Gasteiger partial charge is 0.324 e. The number of nitrogens with zero attached hydrogens (tertiary/aromatic N) is 2. The van der Waals surface area contributed by atoms with Gasteiger partial charge in [-0.3, -0.25) is 14.9 Å². The first-order valence-corrected chi connectivity index (χ1v) is 9.83. The van der Waals surface area contributed by atoms with E-state index in [1.54, 1.807) is 0 Å². The molecule has 1 atom stereocenters. The quantitative estimate of drug-likeness (QED) is 0.634. The first kappa shape index (κ1) is 18.1.